The van der Waals surface area contributed by atoms with Crippen LogP contribution < -0.4 is 5.32 Å². The SMILES string of the molecule is Cc1cccc(C(=O)NCCC2CCC2)c1O. The number of para-hydroxylation sites is 1. The Kier molecular flexibility index (Phi) is 3.67. The maximum Gasteiger partial charge on any atom is 0.255 e. The van der Waals surface area contributed by atoms with Gasteiger partial charge in [-0.2, -0.15) is 0 Å². The van der Waals surface area contributed by atoms with Crippen molar-refractivity contribution >= 4 is 5.91 Å². The molecular formula is C14H19NO2. The zero-order chi connectivity index (χ0) is 12.3. The van der Waals surface area contributed by atoms with Crippen molar-refractivity contribution in [2.24, 2.45) is 5.92 Å². The molecule has 1 aromatic rings. The highest BCUT2D eigenvalue weighted by Crippen LogP contribution is 2.28. The van der Waals surface area contributed by atoms with E-state index in [1.54, 1.807) is 25.1 Å². The minimum absolute atomic E-state index is 0.0913. The zero-order valence-electron chi connectivity index (χ0n) is 10.2. The number of hydrogen-bond donors (Lipinski definition) is 2. The molecule has 0 aromatic heterocycles. The molecule has 2 rings (SSSR count). The quantitative estimate of drug-likeness (QED) is 0.839. The van der Waals surface area contributed by atoms with Gasteiger partial charge >= 0.3 is 0 Å². The van der Waals surface area contributed by atoms with E-state index in [2.05, 4.69) is 5.32 Å². The smallest absolute Gasteiger partial charge is 0.255 e. The maximum atomic E-state index is 11.8. The third-order valence-corrected chi connectivity index (χ3v) is 3.55. The lowest BCUT2D eigenvalue weighted by molar-refractivity contribution is 0.0946. The van der Waals surface area contributed by atoms with Gasteiger partial charge in [-0.15, -0.1) is 0 Å². The summed E-state index contributed by atoms with van der Waals surface area (Å²) in [7, 11) is 0. The molecule has 3 nitrogen and oxygen atoms in total. The number of aromatic hydroxyl groups is 1. The van der Waals surface area contributed by atoms with Crippen LogP contribution in [0.4, 0.5) is 0 Å². The number of rotatable bonds is 4. The standard InChI is InChI=1S/C14H19NO2/c1-10-4-2-7-12(13(10)16)14(17)15-9-8-11-5-3-6-11/h2,4,7,11,16H,3,5-6,8-9H2,1H3,(H,15,17). The van der Waals surface area contributed by atoms with Crippen molar-refractivity contribution in [2.45, 2.75) is 32.6 Å². The molecule has 0 saturated heterocycles. The number of nitrogens with one attached hydrogen (secondary N) is 1. The fourth-order valence-corrected chi connectivity index (χ4v) is 2.11. The highest BCUT2D eigenvalue weighted by molar-refractivity contribution is 5.97. The fraction of sp³-hybridized carbons (Fsp3) is 0.500. The summed E-state index contributed by atoms with van der Waals surface area (Å²) in [5.74, 6) is 0.709. The van der Waals surface area contributed by atoms with Gasteiger partial charge in [0.1, 0.15) is 5.75 Å². The van der Waals surface area contributed by atoms with Crippen molar-refractivity contribution < 1.29 is 9.90 Å². The Morgan fingerprint density at radius 2 is 2.24 bits per heavy atom. The van der Waals surface area contributed by atoms with Crippen molar-refractivity contribution in [3.63, 3.8) is 0 Å². The third-order valence-electron chi connectivity index (χ3n) is 3.55. The van der Waals surface area contributed by atoms with E-state index in [4.69, 9.17) is 0 Å². The second kappa shape index (κ2) is 5.21. The first kappa shape index (κ1) is 12.0. The van der Waals surface area contributed by atoms with E-state index in [1.807, 2.05) is 0 Å². The van der Waals surface area contributed by atoms with Crippen LogP contribution in [0.25, 0.3) is 0 Å². The van der Waals surface area contributed by atoms with Crippen molar-refractivity contribution in [3.05, 3.63) is 29.3 Å². The molecule has 1 saturated carbocycles. The second-order valence-electron chi connectivity index (χ2n) is 4.81. The number of benzene rings is 1. The highest BCUT2D eigenvalue weighted by Gasteiger charge is 2.17. The minimum Gasteiger partial charge on any atom is -0.507 e. The van der Waals surface area contributed by atoms with Crippen molar-refractivity contribution in [3.8, 4) is 5.75 Å². The van der Waals surface area contributed by atoms with Crippen LogP contribution in [-0.4, -0.2) is 17.6 Å². The Bertz CT molecular complexity index is 411. The fourth-order valence-electron chi connectivity index (χ4n) is 2.11. The van der Waals surface area contributed by atoms with Gasteiger partial charge in [0.2, 0.25) is 0 Å². The molecule has 0 bridgehead atoms. The lowest BCUT2D eigenvalue weighted by Gasteiger charge is -2.25. The lowest BCUT2D eigenvalue weighted by Crippen LogP contribution is -2.27. The van der Waals surface area contributed by atoms with Crippen LogP contribution >= 0.6 is 0 Å². The van der Waals surface area contributed by atoms with Crippen molar-refractivity contribution in [2.75, 3.05) is 6.54 Å². The molecule has 0 unspecified atom stereocenters. The van der Waals surface area contributed by atoms with Crippen LogP contribution in [0.5, 0.6) is 5.75 Å². The monoisotopic (exact) mass is 233 g/mol. The number of phenols is 1. The summed E-state index contributed by atoms with van der Waals surface area (Å²) in [5, 5.41) is 12.6. The van der Waals surface area contributed by atoms with E-state index in [0.29, 0.717) is 12.1 Å². The van der Waals surface area contributed by atoms with Gasteiger partial charge in [0.05, 0.1) is 5.56 Å². The molecule has 0 heterocycles. The van der Waals surface area contributed by atoms with E-state index in [-0.39, 0.29) is 11.7 Å². The highest BCUT2D eigenvalue weighted by atomic mass is 16.3. The number of hydrogen-bond acceptors (Lipinski definition) is 2. The van der Waals surface area contributed by atoms with Crippen LogP contribution in [0.15, 0.2) is 18.2 Å². The Labute approximate surface area is 102 Å². The summed E-state index contributed by atoms with van der Waals surface area (Å²) < 4.78 is 0. The molecule has 0 spiro atoms. The van der Waals surface area contributed by atoms with Gasteiger partial charge in [-0.25, -0.2) is 0 Å². The number of carbonyl (C=O) groups is 1. The van der Waals surface area contributed by atoms with Crippen LogP contribution in [0.3, 0.4) is 0 Å². The van der Waals surface area contributed by atoms with Gasteiger partial charge in [0.15, 0.2) is 0 Å². The minimum atomic E-state index is -0.175. The van der Waals surface area contributed by atoms with Crippen LogP contribution in [-0.2, 0) is 0 Å². The topological polar surface area (TPSA) is 49.3 Å². The lowest BCUT2D eigenvalue weighted by atomic mass is 9.83. The van der Waals surface area contributed by atoms with Crippen LogP contribution in [0, 0.1) is 12.8 Å². The summed E-state index contributed by atoms with van der Waals surface area (Å²) >= 11 is 0. The average molecular weight is 233 g/mol. The molecule has 1 fully saturated rings. The molecule has 1 aromatic carbocycles. The molecule has 0 atom stereocenters. The predicted octanol–water partition coefficient (Wildman–Crippen LogP) is 2.62. The third kappa shape index (κ3) is 2.78. The Balaban J connectivity index is 1.87. The summed E-state index contributed by atoms with van der Waals surface area (Å²) in [5.41, 5.74) is 1.11. The van der Waals surface area contributed by atoms with Crippen LogP contribution in [0.2, 0.25) is 0 Å². The van der Waals surface area contributed by atoms with E-state index in [9.17, 15) is 9.90 Å². The number of phenolic OH excluding ortho intramolecular Hbond substituents is 1. The van der Waals surface area contributed by atoms with E-state index >= 15 is 0 Å². The van der Waals surface area contributed by atoms with Crippen molar-refractivity contribution in [1.82, 2.24) is 5.32 Å². The molecule has 3 heteroatoms. The largest absolute Gasteiger partial charge is 0.507 e. The zero-order valence-corrected chi connectivity index (χ0v) is 10.2. The Morgan fingerprint density at radius 3 is 2.88 bits per heavy atom. The molecule has 2 N–H and O–H groups in total. The van der Waals surface area contributed by atoms with Crippen LogP contribution in [0.1, 0.15) is 41.6 Å². The van der Waals surface area contributed by atoms with E-state index < -0.39 is 0 Å². The first-order valence-corrected chi connectivity index (χ1v) is 6.25. The van der Waals surface area contributed by atoms with E-state index in [1.165, 1.54) is 19.3 Å². The molecule has 92 valence electrons. The molecule has 17 heavy (non-hydrogen) atoms. The summed E-state index contributed by atoms with van der Waals surface area (Å²) in [6.07, 6.45) is 4.98. The predicted molar refractivity (Wildman–Crippen MR) is 67.1 cm³/mol. The first-order chi connectivity index (χ1) is 8.18. The summed E-state index contributed by atoms with van der Waals surface area (Å²) in [6.45, 7) is 2.50. The second-order valence-corrected chi connectivity index (χ2v) is 4.81. The number of amides is 1. The maximum absolute atomic E-state index is 11.8. The molecule has 1 amide bonds. The Morgan fingerprint density at radius 1 is 1.47 bits per heavy atom. The van der Waals surface area contributed by atoms with Gasteiger partial charge in [-0.1, -0.05) is 31.4 Å². The normalized spacial score (nSPS) is 15.4. The molecule has 1 aliphatic carbocycles. The summed E-state index contributed by atoms with van der Waals surface area (Å²) in [6, 6.07) is 5.23. The number of aryl methyl sites for hydroxylation is 1. The molecule has 0 aliphatic heterocycles. The van der Waals surface area contributed by atoms with E-state index in [0.717, 1.165) is 17.9 Å². The Hall–Kier alpha value is -1.51. The molecular weight excluding hydrogens is 214 g/mol. The van der Waals surface area contributed by atoms with Gasteiger partial charge in [0.25, 0.3) is 5.91 Å². The van der Waals surface area contributed by atoms with Gasteiger partial charge in [-0.05, 0) is 30.9 Å². The van der Waals surface area contributed by atoms with Gasteiger partial charge in [0, 0.05) is 6.54 Å². The first-order valence-electron chi connectivity index (χ1n) is 6.25. The summed E-state index contributed by atoms with van der Waals surface area (Å²) in [4.78, 5) is 11.8. The number of carbonyl (C=O) groups excluding carboxylic acids is 1. The molecule has 0 radical (unpaired) electrons. The van der Waals surface area contributed by atoms with Gasteiger partial charge in [-0.3, -0.25) is 4.79 Å². The molecule has 1 aliphatic rings. The average Bonchev–Trinajstić information content (AvgIpc) is 2.25. The van der Waals surface area contributed by atoms with Gasteiger partial charge < -0.3 is 10.4 Å². The van der Waals surface area contributed by atoms with Crippen molar-refractivity contribution in [1.29, 1.82) is 0 Å².